The Bertz CT molecular complexity index is 245. The molecule has 0 radical (unpaired) electrons. The second-order valence-electron chi connectivity index (χ2n) is 2.78. The van der Waals surface area contributed by atoms with Crippen LogP contribution in [0, 0.1) is 0 Å². The van der Waals surface area contributed by atoms with Crippen LogP contribution in [0.25, 0.3) is 0 Å². The molecule has 72 valence electrons. The normalized spacial score (nSPS) is 9.85. The van der Waals surface area contributed by atoms with Gasteiger partial charge in [0, 0.05) is 25.4 Å². The molecule has 0 saturated carbocycles. The summed E-state index contributed by atoms with van der Waals surface area (Å²) in [6.45, 7) is 0.843. The van der Waals surface area contributed by atoms with Gasteiger partial charge in [0.15, 0.2) is 5.11 Å². The van der Waals surface area contributed by atoms with Gasteiger partial charge in [0.05, 0.1) is 0 Å². The number of thiocarbonyl (C=S) groups is 1. The lowest BCUT2D eigenvalue weighted by molar-refractivity contribution is 0.694. The summed E-state index contributed by atoms with van der Waals surface area (Å²) in [6.07, 6.45) is 6.72. The molecule has 0 aromatic carbocycles. The van der Waals surface area contributed by atoms with Crippen molar-refractivity contribution >= 4 is 17.3 Å². The van der Waals surface area contributed by atoms with Crippen molar-refractivity contribution in [1.29, 1.82) is 0 Å². The predicted octanol–water partition coefficient (Wildman–Crippen LogP) is 0.566. The summed E-state index contributed by atoms with van der Waals surface area (Å²) in [5, 5.41) is 3.28. The van der Waals surface area contributed by atoms with E-state index in [-0.39, 0.29) is 0 Å². The Hall–Kier alpha value is -1.10. The van der Waals surface area contributed by atoms with Crippen LogP contribution in [0.4, 0.5) is 0 Å². The lowest BCUT2D eigenvalue weighted by Crippen LogP contribution is -2.29. The van der Waals surface area contributed by atoms with Crippen molar-refractivity contribution in [2.75, 3.05) is 6.54 Å². The van der Waals surface area contributed by atoms with Crippen LogP contribution < -0.4 is 11.1 Å². The lowest BCUT2D eigenvalue weighted by atomic mass is 10.2. The predicted molar refractivity (Wildman–Crippen MR) is 56.3 cm³/mol. The summed E-state index contributed by atoms with van der Waals surface area (Å²) in [4.78, 5) is 7.18. The second-order valence-corrected chi connectivity index (χ2v) is 3.22. The molecule has 0 aliphatic carbocycles. The van der Waals surface area contributed by atoms with Crippen LogP contribution in [-0.4, -0.2) is 21.6 Å². The van der Waals surface area contributed by atoms with Gasteiger partial charge < -0.3 is 16.0 Å². The number of unbranched alkanes of at least 4 members (excludes halogenated alkanes) is 1. The molecule has 1 heterocycles. The molecule has 0 amide bonds. The van der Waals surface area contributed by atoms with Crippen molar-refractivity contribution in [2.45, 2.75) is 19.3 Å². The molecule has 4 nitrogen and oxygen atoms in total. The molecule has 0 saturated heterocycles. The minimum atomic E-state index is 0.373. The van der Waals surface area contributed by atoms with Gasteiger partial charge in [-0.05, 0) is 25.1 Å². The summed E-state index contributed by atoms with van der Waals surface area (Å²) in [5.41, 5.74) is 5.27. The molecule has 0 bridgehead atoms. The zero-order chi connectivity index (χ0) is 9.52. The maximum Gasteiger partial charge on any atom is 0.163 e. The molecular weight excluding hydrogens is 184 g/mol. The molecule has 0 spiro atoms. The minimum absolute atomic E-state index is 0.373. The molecule has 1 aromatic rings. The van der Waals surface area contributed by atoms with Gasteiger partial charge in [0.1, 0.15) is 5.82 Å². The van der Waals surface area contributed by atoms with E-state index in [0.29, 0.717) is 5.11 Å². The van der Waals surface area contributed by atoms with Crippen LogP contribution in [0.1, 0.15) is 18.7 Å². The fraction of sp³-hybridized carbons (Fsp3) is 0.500. The fourth-order valence-corrected chi connectivity index (χ4v) is 1.17. The first-order chi connectivity index (χ1) is 6.29. The van der Waals surface area contributed by atoms with Crippen molar-refractivity contribution in [3.63, 3.8) is 0 Å². The number of nitrogens with zero attached hydrogens (tertiary/aromatic N) is 1. The van der Waals surface area contributed by atoms with E-state index in [1.807, 2.05) is 6.20 Å². The Morgan fingerprint density at radius 2 is 2.46 bits per heavy atom. The quantitative estimate of drug-likeness (QED) is 0.478. The number of aryl methyl sites for hydroxylation is 1. The van der Waals surface area contributed by atoms with Crippen molar-refractivity contribution in [1.82, 2.24) is 15.3 Å². The molecule has 1 aromatic heterocycles. The van der Waals surface area contributed by atoms with Crippen LogP contribution in [-0.2, 0) is 6.42 Å². The second kappa shape index (κ2) is 5.53. The summed E-state index contributed by atoms with van der Waals surface area (Å²) in [5.74, 6) is 1.04. The third-order valence-corrected chi connectivity index (χ3v) is 1.84. The molecule has 0 aliphatic rings. The Morgan fingerprint density at radius 1 is 1.62 bits per heavy atom. The van der Waals surface area contributed by atoms with Crippen molar-refractivity contribution in [2.24, 2.45) is 5.73 Å². The first-order valence-electron chi connectivity index (χ1n) is 4.30. The number of aromatic amines is 1. The number of nitrogens with one attached hydrogen (secondary N) is 2. The average molecular weight is 198 g/mol. The van der Waals surface area contributed by atoms with Gasteiger partial charge in [-0.25, -0.2) is 4.98 Å². The standard InChI is InChI=1S/C8H14N4S/c9-8(13)12-4-2-1-3-7-10-5-6-11-7/h5-6H,1-4H2,(H,10,11)(H3,9,12,13). The van der Waals surface area contributed by atoms with E-state index in [4.69, 9.17) is 5.73 Å². The van der Waals surface area contributed by atoms with Crippen molar-refractivity contribution < 1.29 is 0 Å². The first kappa shape index (κ1) is 9.98. The summed E-state index contributed by atoms with van der Waals surface area (Å²) < 4.78 is 0. The van der Waals surface area contributed by atoms with E-state index in [2.05, 4.69) is 27.5 Å². The van der Waals surface area contributed by atoms with Gasteiger partial charge in [0.2, 0.25) is 0 Å². The van der Waals surface area contributed by atoms with Gasteiger partial charge in [-0.15, -0.1) is 0 Å². The molecular formula is C8H14N4S. The van der Waals surface area contributed by atoms with Gasteiger partial charge in [-0.2, -0.15) is 0 Å². The van der Waals surface area contributed by atoms with Crippen LogP contribution in [0.5, 0.6) is 0 Å². The molecule has 4 N–H and O–H groups in total. The van der Waals surface area contributed by atoms with Crippen LogP contribution >= 0.6 is 12.2 Å². The van der Waals surface area contributed by atoms with E-state index in [1.54, 1.807) is 6.20 Å². The topological polar surface area (TPSA) is 66.7 Å². The van der Waals surface area contributed by atoms with Gasteiger partial charge in [-0.3, -0.25) is 0 Å². The number of rotatable bonds is 5. The Balaban J connectivity index is 1.99. The third kappa shape index (κ3) is 4.47. The molecule has 0 atom stereocenters. The molecule has 13 heavy (non-hydrogen) atoms. The highest BCUT2D eigenvalue weighted by atomic mass is 32.1. The minimum Gasteiger partial charge on any atom is -0.376 e. The van der Waals surface area contributed by atoms with E-state index in [1.165, 1.54) is 0 Å². The maximum atomic E-state index is 5.27. The average Bonchev–Trinajstić information content (AvgIpc) is 2.55. The molecule has 0 unspecified atom stereocenters. The number of hydrogen-bond donors (Lipinski definition) is 3. The summed E-state index contributed by atoms with van der Waals surface area (Å²) in [7, 11) is 0. The van der Waals surface area contributed by atoms with E-state index >= 15 is 0 Å². The Labute approximate surface area is 82.9 Å². The van der Waals surface area contributed by atoms with E-state index in [9.17, 15) is 0 Å². The highest BCUT2D eigenvalue weighted by Gasteiger charge is 1.94. The highest BCUT2D eigenvalue weighted by Crippen LogP contribution is 1.97. The number of nitrogens with two attached hydrogens (primary N) is 1. The zero-order valence-electron chi connectivity index (χ0n) is 7.42. The van der Waals surface area contributed by atoms with Gasteiger partial charge in [0.25, 0.3) is 0 Å². The lowest BCUT2D eigenvalue weighted by Gasteiger charge is -2.01. The number of H-pyrrole nitrogens is 1. The van der Waals surface area contributed by atoms with Crippen LogP contribution in [0.2, 0.25) is 0 Å². The Kier molecular flexibility index (Phi) is 4.25. The fourth-order valence-electron chi connectivity index (χ4n) is 1.06. The van der Waals surface area contributed by atoms with Crippen molar-refractivity contribution in [3.8, 4) is 0 Å². The summed E-state index contributed by atoms with van der Waals surface area (Å²) in [6, 6.07) is 0. The smallest absolute Gasteiger partial charge is 0.163 e. The molecule has 0 aliphatic heterocycles. The summed E-state index contributed by atoms with van der Waals surface area (Å²) >= 11 is 4.67. The van der Waals surface area contributed by atoms with Crippen LogP contribution in [0.3, 0.4) is 0 Å². The highest BCUT2D eigenvalue weighted by molar-refractivity contribution is 7.80. The zero-order valence-corrected chi connectivity index (χ0v) is 8.23. The van der Waals surface area contributed by atoms with E-state index < -0.39 is 0 Å². The van der Waals surface area contributed by atoms with Crippen LogP contribution in [0.15, 0.2) is 12.4 Å². The number of imidazole rings is 1. The number of aromatic nitrogens is 2. The monoisotopic (exact) mass is 198 g/mol. The number of hydrogen-bond acceptors (Lipinski definition) is 2. The first-order valence-corrected chi connectivity index (χ1v) is 4.71. The largest absolute Gasteiger partial charge is 0.376 e. The Morgan fingerprint density at radius 3 is 3.08 bits per heavy atom. The SMILES string of the molecule is NC(=S)NCCCCc1ncc[nH]1. The molecule has 5 heteroatoms. The molecule has 0 fully saturated rings. The van der Waals surface area contributed by atoms with Gasteiger partial charge in [-0.1, -0.05) is 0 Å². The van der Waals surface area contributed by atoms with Crippen molar-refractivity contribution in [3.05, 3.63) is 18.2 Å². The van der Waals surface area contributed by atoms with Gasteiger partial charge >= 0.3 is 0 Å². The third-order valence-electron chi connectivity index (χ3n) is 1.69. The maximum absolute atomic E-state index is 5.27. The molecule has 1 rings (SSSR count). The van der Waals surface area contributed by atoms with E-state index in [0.717, 1.165) is 31.6 Å².